The fourth-order valence-corrected chi connectivity index (χ4v) is 4.61. The largest absolute Gasteiger partial charge is 0.383 e. The Balaban J connectivity index is 1.30. The summed E-state index contributed by atoms with van der Waals surface area (Å²) in [4.78, 5) is 21.7. The molecule has 0 saturated heterocycles. The molecule has 5 aromatic rings. The predicted octanol–water partition coefficient (Wildman–Crippen LogP) is 4.92. The molecule has 0 saturated carbocycles. The molecular weight excluding hydrogens is 492 g/mol. The Morgan fingerprint density at radius 2 is 1.97 bits per heavy atom. The summed E-state index contributed by atoms with van der Waals surface area (Å²) in [5.41, 5.74) is 11.6. The Labute approximate surface area is 205 Å². The summed E-state index contributed by atoms with van der Waals surface area (Å²) >= 11 is 3.48. The molecule has 3 N–H and O–H groups in total. The van der Waals surface area contributed by atoms with Crippen LogP contribution in [-0.2, 0) is 13.1 Å². The molecule has 7 nitrogen and oxygen atoms in total. The number of halogens is 1. The maximum absolute atomic E-state index is 12.8. The van der Waals surface area contributed by atoms with Crippen LogP contribution in [0.3, 0.4) is 0 Å². The number of amides is 1. The van der Waals surface area contributed by atoms with Gasteiger partial charge in [0.05, 0.1) is 29.5 Å². The first kappa shape index (κ1) is 22.0. The van der Waals surface area contributed by atoms with E-state index in [1.807, 2.05) is 56.3 Å². The highest BCUT2D eigenvalue weighted by atomic mass is 79.9. The summed E-state index contributed by atoms with van der Waals surface area (Å²) in [5, 5.41) is 10.4. The summed E-state index contributed by atoms with van der Waals surface area (Å²) in [5.74, 6) is 0.344. The number of rotatable bonds is 5. The van der Waals surface area contributed by atoms with Crippen molar-refractivity contribution in [2.24, 2.45) is 0 Å². The van der Waals surface area contributed by atoms with Gasteiger partial charge >= 0.3 is 0 Å². The fourth-order valence-electron chi connectivity index (χ4n) is 4.23. The number of hydrogen-bond acceptors (Lipinski definition) is 5. The highest BCUT2D eigenvalue weighted by Gasteiger charge is 2.13. The Morgan fingerprint density at radius 3 is 2.82 bits per heavy atom. The van der Waals surface area contributed by atoms with Crippen LogP contribution in [0.5, 0.6) is 0 Å². The van der Waals surface area contributed by atoms with Crippen LogP contribution in [0.4, 0.5) is 5.82 Å². The molecule has 0 fully saturated rings. The van der Waals surface area contributed by atoms with Gasteiger partial charge in [0.1, 0.15) is 5.82 Å². The van der Waals surface area contributed by atoms with E-state index in [-0.39, 0.29) is 5.91 Å². The molecule has 1 amide bonds. The highest BCUT2D eigenvalue weighted by molar-refractivity contribution is 9.10. The molecule has 170 valence electrons. The summed E-state index contributed by atoms with van der Waals surface area (Å²) in [7, 11) is 0. The summed E-state index contributed by atoms with van der Waals surface area (Å²) in [6.07, 6.45) is 5.04. The number of fused-ring (bicyclic) bond motifs is 2. The molecule has 0 aliphatic heterocycles. The van der Waals surface area contributed by atoms with Crippen LogP contribution in [0.25, 0.3) is 21.7 Å². The van der Waals surface area contributed by atoms with E-state index in [4.69, 9.17) is 10.7 Å². The molecule has 5 rings (SSSR count). The third kappa shape index (κ3) is 4.24. The van der Waals surface area contributed by atoms with E-state index in [0.717, 1.165) is 48.5 Å². The third-order valence-electron chi connectivity index (χ3n) is 6.07. The van der Waals surface area contributed by atoms with Crippen LogP contribution in [0, 0.1) is 13.8 Å². The average molecular weight is 515 g/mol. The van der Waals surface area contributed by atoms with Gasteiger partial charge in [0.2, 0.25) is 0 Å². The van der Waals surface area contributed by atoms with E-state index in [2.05, 4.69) is 31.3 Å². The van der Waals surface area contributed by atoms with Crippen molar-refractivity contribution in [1.29, 1.82) is 0 Å². The van der Waals surface area contributed by atoms with Crippen molar-refractivity contribution >= 4 is 49.3 Å². The Bertz CT molecular complexity index is 1560. The molecule has 3 heterocycles. The van der Waals surface area contributed by atoms with Crippen molar-refractivity contribution in [1.82, 2.24) is 25.1 Å². The van der Waals surface area contributed by atoms with Gasteiger partial charge < -0.3 is 11.1 Å². The molecule has 0 aliphatic rings. The quantitative estimate of drug-likeness (QED) is 0.346. The molecule has 0 spiro atoms. The molecule has 0 radical (unpaired) electrons. The highest BCUT2D eigenvalue weighted by Crippen LogP contribution is 2.28. The second-order valence-corrected chi connectivity index (χ2v) is 9.25. The number of hydrogen-bond donors (Lipinski definition) is 2. The molecule has 0 aliphatic carbocycles. The predicted molar refractivity (Wildman–Crippen MR) is 138 cm³/mol. The number of carbonyl (C=O) groups is 1. The van der Waals surface area contributed by atoms with E-state index >= 15 is 0 Å². The average Bonchev–Trinajstić information content (AvgIpc) is 3.28. The number of pyridine rings is 2. The normalized spacial score (nSPS) is 11.3. The zero-order valence-electron chi connectivity index (χ0n) is 18.8. The Hall–Kier alpha value is -3.78. The zero-order valence-corrected chi connectivity index (χ0v) is 20.4. The number of anilines is 1. The van der Waals surface area contributed by atoms with E-state index in [9.17, 15) is 4.79 Å². The second kappa shape index (κ2) is 8.87. The summed E-state index contributed by atoms with van der Waals surface area (Å²) in [6.45, 7) is 4.97. The zero-order chi connectivity index (χ0) is 23.8. The second-order valence-electron chi connectivity index (χ2n) is 8.34. The van der Waals surface area contributed by atoms with Crippen LogP contribution < -0.4 is 11.1 Å². The van der Waals surface area contributed by atoms with Crippen molar-refractivity contribution in [3.05, 3.63) is 93.5 Å². The van der Waals surface area contributed by atoms with Crippen LogP contribution in [0.15, 0.2) is 65.5 Å². The molecule has 0 bridgehead atoms. The van der Waals surface area contributed by atoms with Gasteiger partial charge in [0.15, 0.2) is 0 Å². The number of nitrogens with one attached hydrogen (secondary N) is 1. The first-order valence-electron chi connectivity index (χ1n) is 10.9. The Kier molecular flexibility index (Phi) is 5.75. The molecule has 34 heavy (non-hydrogen) atoms. The third-order valence-corrected chi connectivity index (χ3v) is 6.56. The van der Waals surface area contributed by atoms with Gasteiger partial charge in [-0.2, -0.15) is 5.10 Å². The maximum Gasteiger partial charge on any atom is 0.254 e. The molecule has 3 aromatic heterocycles. The standard InChI is InChI=1S/C26H23BrN6O/c1-15-9-22-21(7-8-29-25(22)28)16(2)23(15)12-30-26(34)18-11-31-33(13-18)14-20-5-3-17-10-19(27)4-6-24(17)32-20/h3-11,13H,12,14H2,1-2H3,(H2,28,29)(H,30,34). The lowest BCUT2D eigenvalue weighted by Gasteiger charge is -2.14. The van der Waals surface area contributed by atoms with Crippen molar-refractivity contribution in [3.8, 4) is 0 Å². The van der Waals surface area contributed by atoms with Gasteiger partial charge in [-0.05, 0) is 72.3 Å². The first-order valence-corrected chi connectivity index (χ1v) is 11.7. The van der Waals surface area contributed by atoms with Crippen molar-refractivity contribution in [2.75, 3.05) is 5.73 Å². The maximum atomic E-state index is 12.8. The molecule has 0 unspecified atom stereocenters. The monoisotopic (exact) mass is 514 g/mol. The minimum Gasteiger partial charge on any atom is -0.383 e. The van der Waals surface area contributed by atoms with E-state index in [1.54, 1.807) is 23.3 Å². The number of nitrogen functional groups attached to an aromatic ring is 1. The van der Waals surface area contributed by atoms with Gasteiger partial charge in [-0.1, -0.05) is 22.0 Å². The topological polar surface area (TPSA) is 98.7 Å². The van der Waals surface area contributed by atoms with Gasteiger partial charge in [0, 0.05) is 34.2 Å². The minimum atomic E-state index is -0.171. The van der Waals surface area contributed by atoms with Crippen LogP contribution in [0.1, 0.15) is 32.7 Å². The van der Waals surface area contributed by atoms with E-state index in [1.165, 1.54) is 0 Å². The SMILES string of the molecule is Cc1cc2c(N)nccc2c(C)c1CNC(=O)c1cnn(Cc2ccc3cc(Br)ccc3n2)c1. The van der Waals surface area contributed by atoms with Gasteiger partial charge in [-0.25, -0.2) is 4.98 Å². The summed E-state index contributed by atoms with van der Waals surface area (Å²) < 4.78 is 2.75. The van der Waals surface area contributed by atoms with Crippen molar-refractivity contribution in [3.63, 3.8) is 0 Å². The smallest absolute Gasteiger partial charge is 0.254 e. The van der Waals surface area contributed by atoms with Crippen molar-refractivity contribution in [2.45, 2.75) is 26.9 Å². The number of benzene rings is 2. The van der Waals surface area contributed by atoms with Crippen LogP contribution in [-0.4, -0.2) is 25.7 Å². The lowest BCUT2D eigenvalue weighted by atomic mass is 9.96. The molecule has 8 heteroatoms. The number of aryl methyl sites for hydroxylation is 2. The van der Waals surface area contributed by atoms with Gasteiger partial charge in [-0.3, -0.25) is 14.5 Å². The number of carbonyl (C=O) groups excluding carboxylic acids is 1. The van der Waals surface area contributed by atoms with Crippen LogP contribution in [0.2, 0.25) is 0 Å². The molecule has 2 aromatic carbocycles. The molecule has 0 atom stereocenters. The number of aromatic nitrogens is 4. The summed E-state index contributed by atoms with van der Waals surface area (Å²) in [6, 6.07) is 14.0. The minimum absolute atomic E-state index is 0.171. The number of nitrogens with zero attached hydrogens (tertiary/aromatic N) is 4. The van der Waals surface area contributed by atoms with Crippen LogP contribution >= 0.6 is 15.9 Å². The number of nitrogens with two attached hydrogens (primary N) is 1. The van der Waals surface area contributed by atoms with Gasteiger partial charge in [0.25, 0.3) is 5.91 Å². The Morgan fingerprint density at radius 1 is 1.12 bits per heavy atom. The van der Waals surface area contributed by atoms with E-state index < -0.39 is 0 Å². The van der Waals surface area contributed by atoms with Crippen molar-refractivity contribution < 1.29 is 4.79 Å². The fraction of sp³-hybridized carbons (Fsp3) is 0.154. The van der Waals surface area contributed by atoms with Gasteiger partial charge in [-0.15, -0.1) is 0 Å². The molecular formula is C26H23BrN6O. The first-order chi connectivity index (χ1) is 16.4. The lowest BCUT2D eigenvalue weighted by molar-refractivity contribution is 0.0950. The lowest BCUT2D eigenvalue weighted by Crippen LogP contribution is -2.23. The van der Waals surface area contributed by atoms with E-state index in [0.29, 0.717) is 24.5 Å².